The van der Waals surface area contributed by atoms with E-state index in [1.807, 2.05) is 18.0 Å². The molecule has 0 bridgehead atoms. The highest BCUT2D eigenvalue weighted by atomic mass is 16.1. The number of hydrogen-bond acceptors (Lipinski definition) is 5. The van der Waals surface area contributed by atoms with Gasteiger partial charge in [-0.05, 0) is 24.6 Å². The largest absolute Gasteiger partial charge is 0.358 e. The number of aromatic nitrogens is 2. The lowest BCUT2D eigenvalue weighted by Crippen LogP contribution is -2.21. The third-order valence-electron chi connectivity index (χ3n) is 3.36. The number of amides is 1. The van der Waals surface area contributed by atoms with Crippen LogP contribution in [0.3, 0.4) is 0 Å². The summed E-state index contributed by atoms with van der Waals surface area (Å²) in [6.07, 6.45) is 5.24. The first kappa shape index (κ1) is 16.4. The monoisotopic (exact) mass is 309 g/mol. The molecule has 0 unspecified atom stereocenters. The maximum absolute atomic E-state index is 12.2. The average Bonchev–Trinajstić information content (AvgIpc) is 2.60. The fourth-order valence-corrected chi connectivity index (χ4v) is 2.01. The maximum Gasteiger partial charge on any atom is 0.275 e. The van der Waals surface area contributed by atoms with Crippen LogP contribution in [-0.2, 0) is 0 Å². The number of benzene rings is 1. The van der Waals surface area contributed by atoms with Gasteiger partial charge in [0.15, 0.2) is 0 Å². The predicted octanol–water partition coefficient (Wildman–Crippen LogP) is 2.84. The summed E-state index contributed by atoms with van der Waals surface area (Å²) in [5, 5.41) is 11.6. The van der Waals surface area contributed by atoms with E-state index in [0.29, 0.717) is 11.3 Å². The Morgan fingerprint density at radius 1 is 1.35 bits per heavy atom. The Bertz CT molecular complexity index is 706. The van der Waals surface area contributed by atoms with Crippen molar-refractivity contribution in [3.63, 3.8) is 0 Å². The molecule has 23 heavy (non-hydrogen) atoms. The van der Waals surface area contributed by atoms with Crippen LogP contribution in [0.25, 0.3) is 0 Å². The van der Waals surface area contributed by atoms with Crippen molar-refractivity contribution in [1.82, 2.24) is 9.97 Å². The summed E-state index contributed by atoms with van der Waals surface area (Å²) in [4.78, 5) is 22.6. The van der Waals surface area contributed by atoms with Gasteiger partial charge in [0.25, 0.3) is 5.91 Å². The van der Waals surface area contributed by atoms with E-state index in [0.717, 1.165) is 25.2 Å². The highest BCUT2D eigenvalue weighted by molar-refractivity contribution is 6.02. The molecule has 0 fully saturated rings. The molecule has 0 aliphatic heterocycles. The molecule has 6 heteroatoms. The highest BCUT2D eigenvalue weighted by Crippen LogP contribution is 2.12. The zero-order valence-electron chi connectivity index (χ0n) is 13.3. The van der Waals surface area contributed by atoms with E-state index < -0.39 is 0 Å². The van der Waals surface area contributed by atoms with Crippen LogP contribution in [0.1, 0.15) is 35.8 Å². The molecular weight excluding hydrogens is 290 g/mol. The van der Waals surface area contributed by atoms with Crippen molar-refractivity contribution < 1.29 is 4.79 Å². The Labute approximate surface area is 135 Å². The van der Waals surface area contributed by atoms with E-state index in [2.05, 4.69) is 22.2 Å². The van der Waals surface area contributed by atoms with Crippen LogP contribution in [-0.4, -0.2) is 29.5 Å². The van der Waals surface area contributed by atoms with Gasteiger partial charge in [0, 0.05) is 19.3 Å². The van der Waals surface area contributed by atoms with Gasteiger partial charge in [-0.15, -0.1) is 0 Å². The van der Waals surface area contributed by atoms with Crippen LogP contribution >= 0.6 is 0 Å². The fourth-order valence-electron chi connectivity index (χ4n) is 2.01. The molecule has 2 rings (SSSR count). The van der Waals surface area contributed by atoms with Gasteiger partial charge in [-0.3, -0.25) is 4.79 Å². The third kappa shape index (κ3) is 4.51. The van der Waals surface area contributed by atoms with Crippen molar-refractivity contribution in [3.8, 4) is 6.07 Å². The van der Waals surface area contributed by atoms with Crippen LogP contribution in [0, 0.1) is 11.3 Å². The number of nitrogens with one attached hydrogen (secondary N) is 1. The predicted molar refractivity (Wildman–Crippen MR) is 89.3 cm³/mol. The van der Waals surface area contributed by atoms with Gasteiger partial charge < -0.3 is 10.2 Å². The van der Waals surface area contributed by atoms with Gasteiger partial charge in [-0.2, -0.15) is 5.26 Å². The van der Waals surface area contributed by atoms with Crippen molar-refractivity contribution in [3.05, 3.63) is 47.9 Å². The summed E-state index contributed by atoms with van der Waals surface area (Å²) in [5.74, 6) is 0.386. The normalized spacial score (nSPS) is 9.96. The number of rotatable bonds is 6. The van der Waals surface area contributed by atoms with Crippen LogP contribution in [0.2, 0.25) is 0 Å². The van der Waals surface area contributed by atoms with E-state index in [9.17, 15) is 4.79 Å². The minimum Gasteiger partial charge on any atom is -0.358 e. The Morgan fingerprint density at radius 2 is 2.17 bits per heavy atom. The van der Waals surface area contributed by atoms with Crippen LogP contribution < -0.4 is 10.2 Å². The maximum atomic E-state index is 12.2. The Morgan fingerprint density at radius 3 is 2.83 bits per heavy atom. The number of unbranched alkanes of at least 4 members (excludes halogenated alkanes) is 1. The van der Waals surface area contributed by atoms with Gasteiger partial charge in [0.05, 0.1) is 24.0 Å². The lowest BCUT2D eigenvalue weighted by atomic mass is 10.2. The molecule has 2 aromatic rings. The smallest absolute Gasteiger partial charge is 0.275 e. The molecule has 0 saturated heterocycles. The molecule has 0 saturated carbocycles. The second-order valence-corrected chi connectivity index (χ2v) is 5.18. The summed E-state index contributed by atoms with van der Waals surface area (Å²) in [6.45, 7) is 3.03. The SMILES string of the molecule is CCCCN(C)c1cnc(C(=O)Nc2cccc(C#N)c2)cn1. The van der Waals surface area contributed by atoms with Crippen molar-refractivity contribution in [1.29, 1.82) is 5.26 Å². The van der Waals surface area contributed by atoms with Crippen molar-refractivity contribution in [2.45, 2.75) is 19.8 Å². The van der Waals surface area contributed by atoms with Gasteiger partial charge in [-0.1, -0.05) is 19.4 Å². The second kappa shape index (κ2) is 7.90. The summed E-state index contributed by atoms with van der Waals surface area (Å²) in [7, 11) is 1.95. The number of carbonyl (C=O) groups excluding carboxylic acids is 1. The summed E-state index contributed by atoms with van der Waals surface area (Å²) < 4.78 is 0. The van der Waals surface area contributed by atoms with Gasteiger partial charge >= 0.3 is 0 Å². The molecule has 0 radical (unpaired) electrons. The highest BCUT2D eigenvalue weighted by Gasteiger charge is 2.10. The molecule has 1 amide bonds. The molecule has 1 aromatic heterocycles. The number of nitriles is 1. The number of hydrogen-bond donors (Lipinski definition) is 1. The molecule has 0 aliphatic carbocycles. The molecule has 0 spiro atoms. The average molecular weight is 309 g/mol. The lowest BCUT2D eigenvalue weighted by Gasteiger charge is -2.17. The first-order valence-electron chi connectivity index (χ1n) is 7.48. The van der Waals surface area contributed by atoms with Crippen LogP contribution in [0.15, 0.2) is 36.7 Å². The Kier molecular flexibility index (Phi) is 5.64. The standard InChI is InChI=1S/C17H19N5O/c1-3-4-8-22(2)16-12-19-15(11-20-16)17(23)21-14-7-5-6-13(9-14)10-18/h5-7,9,11-12H,3-4,8H2,1-2H3,(H,21,23). The lowest BCUT2D eigenvalue weighted by molar-refractivity contribution is 0.102. The topological polar surface area (TPSA) is 81.9 Å². The van der Waals surface area contributed by atoms with Crippen LogP contribution in [0.5, 0.6) is 0 Å². The van der Waals surface area contributed by atoms with Gasteiger partial charge in [0.2, 0.25) is 0 Å². The summed E-state index contributed by atoms with van der Waals surface area (Å²) in [5.41, 5.74) is 1.28. The van der Waals surface area contributed by atoms with E-state index in [4.69, 9.17) is 5.26 Å². The zero-order chi connectivity index (χ0) is 16.7. The fraction of sp³-hybridized carbons (Fsp3) is 0.294. The molecule has 1 N–H and O–H groups in total. The first-order valence-corrected chi connectivity index (χ1v) is 7.48. The van der Waals surface area contributed by atoms with Crippen LogP contribution in [0.4, 0.5) is 11.5 Å². The minimum atomic E-state index is -0.352. The Balaban J connectivity index is 2.04. The molecule has 6 nitrogen and oxygen atoms in total. The number of nitrogens with zero attached hydrogens (tertiary/aromatic N) is 4. The second-order valence-electron chi connectivity index (χ2n) is 5.18. The quantitative estimate of drug-likeness (QED) is 0.887. The first-order chi connectivity index (χ1) is 11.1. The van der Waals surface area contributed by atoms with Crippen molar-refractivity contribution >= 4 is 17.4 Å². The van der Waals surface area contributed by atoms with E-state index in [-0.39, 0.29) is 11.6 Å². The molecule has 118 valence electrons. The molecule has 1 aromatic carbocycles. The van der Waals surface area contributed by atoms with Gasteiger partial charge in [0.1, 0.15) is 11.5 Å². The number of anilines is 2. The third-order valence-corrected chi connectivity index (χ3v) is 3.36. The molecule has 0 aliphatic rings. The molecular formula is C17H19N5O. The summed E-state index contributed by atoms with van der Waals surface area (Å²) in [6, 6.07) is 8.75. The van der Waals surface area contributed by atoms with E-state index in [1.54, 1.807) is 30.5 Å². The van der Waals surface area contributed by atoms with E-state index in [1.165, 1.54) is 6.20 Å². The van der Waals surface area contributed by atoms with Crippen molar-refractivity contribution in [2.75, 3.05) is 23.8 Å². The summed E-state index contributed by atoms with van der Waals surface area (Å²) >= 11 is 0. The number of carbonyl (C=O) groups is 1. The minimum absolute atomic E-state index is 0.236. The molecule has 1 heterocycles. The zero-order valence-corrected chi connectivity index (χ0v) is 13.3. The van der Waals surface area contributed by atoms with E-state index >= 15 is 0 Å². The molecule has 0 atom stereocenters. The van der Waals surface area contributed by atoms with Gasteiger partial charge in [-0.25, -0.2) is 9.97 Å². The Hall–Kier alpha value is -2.94. The van der Waals surface area contributed by atoms with Crippen molar-refractivity contribution in [2.24, 2.45) is 0 Å².